The number of carboxylic acids is 1. The first kappa shape index (κ1) is 14.5. The van der Waals surface area contributed by atoms with Gasteiger partial charge in [0.25, 0.3) is 0 Å². The lowest BCUT2D eigenvalue weighted by Gasteiger charge is -2.42. The maximum atomic E-state index is 11.4. The second kappa shape index (κ2) is 5.85. The van der Waals surface area contributed by atoms with Crippen LogP contribution in [0, 0.1) is 17.8 Å². The van der Waals surface area contributed by atoms with Crippen LogP contribution in [0.4, 0.5) is 0 Å². The number of unbranched alkanes of at least 4 members (excludes halogenated alkanes) is 1. The number of aliphatic hydroxyl groups is 1. The van der Waals surface area contributed by atoms with Crippen molar-refractivity contribution in [2.24, 2.45) is 17.8 Å². The van der Waals surface area contributed by atoms with Crippen LogP contribution in [-0.2, 0) is 4.79 Å². The molecule has 2 N–H and O–H groups in total. The van der Waals surface area contributed by atoms with Gasteiger partial charge in [0.1, 0.15) is 0 Å². The van der Waals surface area contributed by atoms with Crippen molar-refractivity contribution in [3.05, 3.63) is 0 Å². The molecule has 0 bridgehead atoms. The molecule has 0 aromatic rings. The fraction of sp³-hybridized carbons (Fsp3) is 0.929. The molecular weight excluding hydrogens is 216 g/mol. The number of hydrogen-bond donors (Lipinski definition) is 2. The van der Waals surface area contributed by atoms with Crippen LogP contribution in [0.3, 0.4) is 0 Å². The molecule has 3 nitrogen and oxygen atoms in total. The molecule has 1 saturated carbocycles. The largest absolute Gasteiger partial charge is 0.481 e. The van der Waals surface area contributed by atoms with E-state index >= 15 is 0 Å². The molecule has 17 heavy (non-hydrogen) atoms. The summed E-state index contributed by atoms with van der Waals surface area (Å²) in [4.78, 5) is 11.4. The summed E-state index contributed by atoms with van der Waals surface area (Å²) >= 11 is 0. The van der Waals surface area contributed by atoms with E-state index in [1.807, 2.05) is 0 Å². The van der Waals surface area contributed by atoms with Crippen molar-refractivity contribution in [3.63, 3.8) is 0 Å². The van der Waals surface area contributed by atoms with Gasteiger partial charge in [0, 0.05) is 0 Å². The topological polar surface area (TPSA) is 57.5 Å². The lowest BCUT2D eigenvalue weighted by atomic mass is 9.67. The summed E-state index contributed by atoms with van der Waals surface area (Å²) in [5.74, 6) is -0.575. The Morgan fingerprint density at radius 2 is 1.88 bits per heavy atom. The van der Waals surface area contributed by atoms with E-state index in [0.717, 1.165) is 19.3 Å². The fourth-order valence-electron chi connectivity index (χ4n) is 3.46. The van der Waals surface area contributed by atoms with Crippen LogP contribution in [0.15, 0.2) is 0 Å². The van der Waals surface area contributed by atoms with E-state index in [-0.39, 0.29) is 0 Å². The van der Waals surface area contributed by atoms with Gasteiger partial charge in [-0.15, -0.1) is 0 Å². The minimum atomic E-state index is -0.988. The van der Waals surface area contributed by atoms with Crippen LogP contribution >= 0.6 is 0 Å². The number of carbonyl (C=O) groups is 1. The van der Waals surface area contributed by atoms with Crippen molar-refractivity contribution in [3.8, 4) is 0 Å². The summed E-state index contributed by atoms with van der Waals surface area (Å²) in [6.07, 6.45) is 4.83. The highest BCUT2D eigenvalue weighted by Crippen LogP contribution is 2.42. The van der Waals surface area contributed by atoms with Crippen molar-refractivity contribution in [2.75, 3.05) is 0 Å². The van der Waals surface area contributed by atoms with E-state index in [1.165, 1.54) is 0 Å². The monoisotopic (exact) mass is 242 g/mol. The molecule has 3 unspecified atom stereocenters. The Bertz CT molecular complexity index is 252. The van der Waals surface area contributed by atoms with Crippen molar-refractivity contribution < 1.29 is 15.0 Å². The zero-order valence-corrected chi connectivity index (χ0v) is 11.3. The van der Waals surface area contributed by atoms with Gasteiger partial charge in [0.2, 0.25) is 0 Å². The normalized spacial score (nSPS) is 35.5. The molecule has 1 aliphatic carbocycles. The van der Waals surface area contributed by atoms with Gasteiger partial charge in [0.05, 0.1) is 11.5 Å². The van der Waals surface area contributed by atoms with Gasteiger partial charge >= 0.3 is 5.97 Å². The predicted octanol–water partition coefficient (Wildman–Crippen LogP) is 3.06. The van der Waals surface area contributed by atoms with Crippen molar-refractivity contribution >= 4 is 5.97 Å². The molecule has 0 amide bonds. The molecule has 0 aliphatic heterocycles. The van der Waals surface area contributed by atoms with Gasteiger partial charge in [-0.2, -0.15) is 0 Å². The van der Waals surface area contributed by atoms with E-state index in [2.05, 4.69) is 20.8 Å². The highest BCUT2D eigenvalue weighted by atomic mass is 16.4. The van der Waals surface area contributed by atoms with Gasteiger partial charge in [0.15, 0.2) is 0 Å². The third-order valence-electron chi connectivity index (χ3n) is 4.00. The number of aliphatic carboxylic acids is 1. The molecule has 0 aromatic carbocycles. The Kier molecular flexibility index (Phi) is 4.99. The summed E-state index contributed by atoms with van der Waals surface area (Å²) in [6.45, 7) is 6.27. The Morgan fingerprint density at radius 1 is 1.35 bits per heavy atom. The molecule has 1 fully saturated rings. The first-order valence-corrected chi connectivity index (χ1v) is 6.84. The third kappa shape index (κ3) is 3.70. The predicted molar refractivity (Wildman–Crippen MR) is 67.8 cm³/mol. The Morgan fingerprint density at radius 3 is 2.29 bits per heavy atom. The van der Waals surface area contributed by atoms with Crippen molar-refractivity contribution in [1.82, 2.24) is 0 Å². The first-order valence-electron chi connectivity index (χ1n) is 6.84. The summed E-state index contributed by atoms with van der Waals surface area (Å²) in [7, 11) is 0. The second-order valence-electron chi connectivity index (χ2n) is 5.99. The molecule has 0 heterocycles. The standard InChI is InChI=1S/C14H26O3/c1-4-5-6-12(13(15)16)14(17)8-10(2)7-11(3)9-14/h10-12,17H,4-9H2,1-3H3,(H,15,16). The summed E-state index contributed by atoms with van der Waals surface area (Å²) in [6, 6.07) is 0. The van der Waals surface area contributed by atoms with Gasteiger partial charge in [-0.25, -0.2) is 0 Å². The second-order valence-corrected chi connectivity index (χ2v) is 5.99. The maximum absolute atomic E-state index is 11.4. The molecule has 1 aliphatic rings. The van der Waals surface area contributed by atoms with Crippen LogP contribution < -0.4 is 0 Å². The zero-order valence-electron chi connectivity index (χ0n) is 11.3. The molecular formula is C14H26O3. The Labute approximate surface area is 104 Å². The number of carboxylic acid groups (broad SMARTS) is 1. The van der Waals surface area contributed by atoms with Crippen molar-refractivity contribution in [1.29, 1.82) is 0 Å². The Hall–Kier alpha value is -0.570. The van der Waals surface area contributed by atoms with Gasteiger partial charge in [-0.3, -0.25) is 4.79 Å². The van der Waals surface area contributed by atoms with E-state index in [0.29, 0.717) is 31.1 Å². The van der Waals surface area contributed by atoms with Crippen LogP contribution in [0.2, 0.25) is 0 Å². The van der Waals surface area contributed by atoms with Gasteiger partial charge in [-0.1, -0.05) is 33.6 Å². The van der Waals surface area contributed by atoms with E-state index in [9.17, 15) is 15.0 Å². The lowest BCUT2D eigenvalue weighted by Crippen LogP contribution is -2.47. The van der Waals surface area contributed by atoms with Crippen LogP contribution in [-0.4, -0.2) is 21.8 Å². The molecule has 0 radical (unpaired) electrons. The highest BCUT2D eigenvalue weighted by Gasteiger charge is 2.45. The maximum Gasteiger partial charge on any atom is 0.309 e. The number of rotatable bonds is 5. The summed E-state index contributed by atoms with van der Waals surface area (Å²) in [5, 5.41) is 20.0. The minimum Gasteiger partial charge on any atom is -0.481 e. The summed E-state index contributed by atoms with van der Waals surface area (Å²) < 4.78 is 0. The third-order valence-corrected chi connectivity index (χ3v) is 4.00. The van der Waals surface area contributed by atoms with Crippen LogP contribution in [0.25, 0.3) is 0 Å². The molecule has 0 saturated heterocycles. The fourth-order valence-corrected chi connectivity index (χ4v) is 3.46. The van der Waals surface area contributed by atoms with Crippen LogP contribution in [0.1, 0.15) is 59.3 Å². The van der Waals surface area contributed by atoms with E-state index < -0.39 is 17.5 Å². The molecule has 0 aromatic heterocycles. The minimum absolute atomic E-state index is 0.423. The number of hydrogen-bond acceptors (Lipinski definition) is 2. The Balaban J connectivity index is 2.79. The lowest BCUT2D eigenvalue weighted by molar-refractivity contribution is -0.158. The average Bonchev–Trinajstić information content (AvgIpc) is 2.14. The zero-order chi connectivity index (χ0) is 13.1. The van der Waals surface area contributed by atoms with Crippen molar-refractivity contribution in [2.45, 2.75) is 64.9 Å². The molecule has 100 valence electrons. The summed E-state index contributed by atoms with van der Waals surface area (Å²) in [5.41, 5.74) is -0.988. The van der Waals surface area contributed by atoms with Gasteiger partial charge < -0.3 is 10.2 Å². The smallest absolute Gasteiger partial charge is 0.309 e. The molecule has 3 atom stereocenters. The molecule has 1 rings (SSSR count). The van der Waals surface area contributed by atoms with E-state index in [1.54, 1.807) is 0 Å². The molecule has 3 heteroatoms. The highest BCUT2D eigenvalue weighted by molar-refractivity contribution is 5.71. The quantitative estimate of drug-likeness (QED) is 0.779. The van der Waals surface area contributed by atoms with Gasteiger partial charge in [-0.05, 0) is 37.5 Å². The molecule has 0 spiro atoms. The average molecular weight is 242 g/mol. The van der Waals surface area contributed by atoms with Crippen LogP contribution in [0.5, 0.6) is 0 Å². The SMILES string of the molecule is CCCCC(C(=O)O)C1(O)CC(C)CC(C)C1. The first-order chi connectivity index (χ1) is 7.89. The van der Waals surface area contributed by atoms with E-state index in [4.69, 9.17) is 0 Å².